The molecule has 1 aromatic carbocycles. The van der Waals surface area contributed by atoms with Gasteiger partial charge >= 0.3 is 103 Å². The summed E-state index contributed by atoms with van der Waals surface area (Å²) < 4.78 is 12.8. The van der Waals surface area contributed by atoms with E-state index in [-0.39, 0.29) is 109 Å². The first kappa shape index (κ1) is 22.3. The summed E-state index contributed by atoms with van der Waals surface area (Å²) in [5.41, 5.74) is 1.67. The van der Waals surface area contributed by atoms with E-state index in [2.05, 4.69) is 15.0 Å². The predicted octanol–water partition coefficient (Wildman–Crippen LogP) is -5.67. The van der Waals surface area contributed by atoms with E-state index in [1.807, 2.05) is 12.4 Å². The molecule has 1 N–H and O–H groups in total. The zero-order valence-electron chi connectivity index (χ0n) is 12.0. The molecule has 2 heterocycles. The number of halogens is 1. The van der Waals surface area contributed by atoms with Crippen LogP contribution in [0.1, 0.15) is 0 Å². The molecule has 0 fully saturated rings. The van der Waals surface area contributed by atoms with Crippen molar-refractivity contribution in [2.75, 3.05) is 0 Å². The van der Waals surface area contributed by atoms with Gasteiger partial charge in [0.05, 0.1) is 5.52 Å². The standard InChI is InChI=1S/C12H8FN3.CH2O3.2K/c13-10-3-1-8(2-4-10)12-15-6-9-5-14-7-11(9)16-12;2-1(3)4;;/h1-7,14H;(H2,2,3,4);;/q;;2*+1/p-2. The van der Waals surface area contributed by atoms with Crippen LogP contribution in [-0.4, -0.2) is 21.1 Å². The largest absolute Gasteiger partial charge is 1.00 e. The molecule has 0 spiro atoms. The van der Waals surface area contributed by atoms with Gasteiger partial charge in [-0.15, -0.1) is 0 Å². The number of H-pyrrole nitrogens is 1. The molecule has 0 unspecified atom stereocenters. The Balaban J connectivity index is 0.000000665. The molecule has 0 saturated heterocycles. The molecule has 6 nitrogen and oxygen atoms in total. The number of fused-ring (bicyclic) bond motifs is 1. The molecule has 9 heteroatoms. The van der Waals surface area contributed by atoms with Crippen molar-refractivity contribution >= 4 is 17.1 Å². The molecule has 3 aromatic rings. The quantitative estimate of drug-likeness (QED) is 0.440. The van der Waals surface area contributed by atoms with E-state index in [0.29, 0.717) is 5.82 Å². The number of carbonyl (C=O) groups is 1. The number of carbonyl (C=O) groups excluding carboxylic acids is 1. The summed E-state index contributed by atoms with van der Waals surface area (Å²) in [6.07, 6.45) is 3.06. The van der Waals surface area contributed by atoms with Crippen molar-refractivity contribution in [1.82, 2.24) is 15.0 Å². The summed E-state index contributed by atoms with van der Waals surface area (Å²) in [6, 6.07) is 6.15. The average Bonchev–Trinajstić information content (AvgIpc) is 2.86. The first-order valence-electron chi connectivity index (χ1n) is 5.50. The van der Waals surface area contributed by atoms with Crippen LogP contribution in [0.2, 0.25) is 0 Å². The van der Waals surface area contributed by atoms with Crippen LogP contribution in [0.15, 0.2) is 42.9 Å². The third-order valence-electron chi connectivity index (χ3n) is 2.41. The van der Waals surface area contributed by atoms with Gasteiger partial charge in [0.2, 0.25) is 0 Å². The van der Waals surface area contributed by atoms with Gasteiger partial charge in [-0.25, -0.2) is 14.4 Å². The Morgan fingerprint density at radius 2 is 1.68 bits per heavy atom. The number of carboxylic acid groups (broad SMARTS) is 2. The van der Waals surface area contributed by atoms with Crippen LogP contribution in [0.3, 0.4) is 0 Å². The monoisotopic (exact) mass is 351 g/mol. The third-order valence-corrected chi connectivity index (χ3v) is 2.41. The first-order valence-corrected chi connectivity index (χ1v) is 5.50. The second-order valence-corrected chi connectivity index (χ2v) is 3.75. The van der Waals surface area contributed by atoms with Crippen molar-refractivity contribution < 1.29 is 122 Å². The average molecular weight is 351 g/mol. The van der Waals surface area contributed by atoms with Crippen molar-refractivity contribution in [3.63, 3.8) is 0 Å². The van der Waals surface area contributed by atoms with Gasteiger partial charge in [-0.1, -0.05) is 0 Å². The van der Waals surface area contributed by atoms with Gasteiger partial charge in [0.15, 0.2) is 5.82 Å². The van der Waals surface area contributed by atoms with E-state index in [0.717, 1.165) is 16.5 Å². The normalized spacial score (nSPS) is 8.95. The molecule has 0 atom stereocenters. The fourth-order valence-electron chi connectivity index (χ4n) is 1.58. The van der Waals surface area contributed by atoms with Crippen LogP contribution < -0.4 is 113 Å². The molecule has 3 rings (SSSR count). The van der Waals surface area contributed by atoms with Gasteiger partial charge in [0.1, 0.15) is 5.82 Å². The minimum atomic E-state index is -2.33. The Hall–Kier alpha value is 0.313. The molecule has 0 aliphatic carbocycles. The SMILES string of the molecule is Fc1ccc(-c2ncc3c[nH]cc3n2)cc1.O=C([O-])[O-].[K+].[K+]. The smallest absolute Gasteiger partial charge is 0.652 e. The van der Waals surface area contributed by atoms with Crippen molar-refractivity contribution in [1.29, 1.82) is 0 Å². The number of nitrogens with zero attached hydrogens (tertiary/aromatic N) is 2. The van der Waals surface area contributed by atoms with Crippen molar-refractivity contribution in [2.45, 2.75) is 0 Å². The van der Waals surface area contributed by atoms with Crippen LogP contribution in [0.25, 0.3) is 22.3 Å². The molecule has 0 saturated carbocycles. The molecule has 0 bridgehead atoms. The van der Waals surface area contributed by atoms with E-state index in [1.165, 1.54) is 12.1 Å². The zero-order valence-corrected chi connectivity index (χ0v) is 18.3. The maximum absolute atomic E-state index is 12.8. The zero-order chi connectivity index (χ0) is 14.5. The minimum Gasteiger partial charge on any atom is -0.652 e. The molecular weight excluding hydrogens is 343 g/mol. The van der Waals surface area contributed by atoms with Gasteiger partial charge in [-0.2, -0.15) is 0 Å². The Kier molecular flexibility index (Phi) is 11.1. The number of hydrogen-bond donors (Lipinski definition) is 1. The number of rotatable bonds is 1. The third kappa shape index (κ3) is 6.83. The summed E-state index contributed by atoms with van der Waals surface area (Å²) >= 11 is 0. The van der Waals surface area contributed by atoms with Gasteiger partial charge in [0, 0.05) is 29.5 Å². The number of benzene rings is 1. The predicted molar refractivity (Wildman–Crippen MR) is 64.7 cm³/mol. The first-order chi connectivity index (χ1) is 9.56. The summed E-state index contributed by atoms with van der Waals surface area (Å²) in [5.74, 6) is 0.346. The molecule has 2 aromatic heterocycles. The summed E-state index contributed by atoms with van der Waals surface area (Å²) in [4.78, 5) is 19.9. The van der Waals surface area contributed by atoms with Gasteiger partial charge in [-0.3, -0.25) is 0 Å². The van der Waals surface area contributed by atoms with Gasteiger partial charge in [0.25, 0.3) is 0 Å². The number of aromatic amines is 1. The second-order valence-electron chi connectivity index (χ2n) is 3.75. The van der Waals surface area contributed by atoms with Crippen molar-refractivity contribution in [3.05, 3.63) is 48.7 Å². The Bertz CT molecular complexity index is 731. The second kappa shape index (κ2) is 11.0. The van der Waals surface area contributed by atoms with E-state index in [4.69, 9.17) is 15.0 Å². The van der Waals surface area contributed by atoms with Crippen LogP contribution in [0.5, 0.6) is 0 Å². The van der Waals surface area contributed by atoms with E-state index >= 15 is 0 Å². The van der Waals surface area contributed by atoms with Crippen molar-refractivity contribution in [3.8, 4) is 11.4 Å². The Morgan fingerprint density at radius 3 is 2.27 bits per heavy atom. The molecular formula is C13H8FK2N3O3. The molecule has 0 aliphatic heterocycles. The maximum Gasteiger partial charge on any atom is 1.00 e. The van der Waals surface area contributed by atoms with Crippen LogP contribution in [0.4, 0.5) is 9.18 Å². The Labute approximate surface area is 210 Å². The molecule has 22 heavy (non-hydrogen) atoms. The summed E-state index contributed by atoms with van der Waals surface area (Å²) in [7, 11) is 0. The van der Waals surface area contributed by atoms with Crippen LogP contribution >= 0.6 is 0 Å². The Morgan fingerprint density at radius 1 is 1.09 bits per heavy atom. The number of hydrogen-bond acceptors (Lipinski definition) is 5. The fourth-order valence-corrected chi connectivity index (χ4v) is 1.58. The number of aromatic nitrogens is 3. The topological polar surface area (TPSA) is 105 Å². The maximum atomic E-state index is 12.8. The minimum absolute atomic E-state index is 0. The fraction of sp³-hybridized carbons (Fsp3) is 0. The summed E-state index contributed by atoms with van der Waals surface area (Å²) in [6.45, 7) is 0. The van der Waals surface area contributed by atoms with Crippen LogP contribution in [-0.2, 0) is 0 Å². The van der Waals surface area contributed by atoms with E-state index in [1.54, 1.807) is 18.3 Å². The molecule has 0 amide bonds. The molecule has 0 radical (unpaired) electrons. The number of nitrogens with one attached hydrogen (secondary N) is 1. The van der Waals surface area contributed by atoms with Gasteiger partial charge in [-0.05, 0) is 30.4 Å². The van der Waals surface area contributed by atoms with E-state index < -0.39 is 6.16 Å². The molecule has 102 valence electrons. The van der Waals surface area contributed by atoms with Gasteiger partial charge < -0.3 is 20.0 Å². The van der Waals surface area contributed by atoms with Crippen LogP contribution in [0, 0.1) is 5.82 Å². The van der Waals surface area contributed by atoms with E-state index in [9.17, 15) is 4.39 Å². The van der Waals surface area contributed by atoms with Crippen molar-refractivity contribution in [2.24, 2.45) is 0 Å². The molecule has 0 aliphatic rings. The summed E-state index contributed by atoms with van der Waals surface area (Å²) in [5, 5.41) is 17.6.